The van der Waals surface area contributed by atoms with Crippen LogP contribution in [0.2, 0.25) is 0 Å². The highest BCUT2D eigenvalue weighted by atomic mass is 19.1. The first-order valence-electron chi connectivity index (χ1n) is 43.7. The number of nitrogens with one attached hydrogen (secondary N) is 4. The van der Waals surface area contributed by atoms with Crippen molar-refractivity contribution >= 4 is 70.2 Å². The third-order valence-electron chi connectivity index (χ3n) is 24.0. The van der Waals surface area contributed by atoms with Crippen LogP contribution in [-0.2, 0) is 45.4 Å². The summed E-state index contributed by atoms with van der Waals surface area (Å²) in [6.07, 6.45) is 10.0. The number of nitrogens with two attached hydrogens (primary N) is 4. The van der Waals surface area contributed by atoms with E-state index in [4.69, 9.17) is 22.9 Å². The normalized spacial score (nSPS) is 19.4. The third kappa shape index (κ3) is 28.4. The molecule has 0 bridgehead atoms. The fraction of sp³-hybridized carbons (Fsp3) is 0.511. The molecule has 14 rings (SSSR count). The maximum atomic E-state index is 15.4. The predicted octanol–water partition coefficient (Wildman–Crippen LogP) is 6.83. The van der Waals surface area contributed by atoms with Gasteiger partial charge in [-0.05, 0) is 153 Å². The maximum Gasteiger partial charge on any atom is 0.231 e. The maximum absolute atomic E-state index is 15.4. The van der Waals surface area contributed by atoms with Crippen LogP contribution >= 0.6 is 0 Å². The Labute approximate surface area is 742 Å². The Balaban J connectivity index is 0.000000165. The Morgan fingerprint density at radius 1 is 0.406 bits per heavy atom. The minimum Gasteiger partial charge on any atom is -0.391 e. The van der Waals surface area contributed by atoms with E-state index in [1.807, 2.05) is 102 Å². The van der Waals surface area contributed by atoms with Gasteiger partial charge in [-0.3, -0.25) is 38.8 Å². The topological polar surface area (TPSA) is 430 Å². The molecule has 8 heterocycles. The Kier molecular flexibility index (Phi) is 35.1. The molecule has 4 aliphatic heterocycles. The van der Waals surface area contributed by atoms with Crippen molar-refractivity contribution in [1.29, 1.82) is 0 Å². The first kappa shape index (κ1) is 97.4. The van der Waals surface area contributed by atoms with Crippen LogP contribution in [0.5, 0.6) is 0 Å². The van der Waals surface area contributed by atoms with Crippen LogP contribution in [0.4, 0.5) is 72.9 Å². The molecule has 6 atom stereocenters. The number of aromatic nitrogens is 8. The lowest BCUT2D eigenvalue weighted by atomic mass is 9.91. The summed E-state index contributed by atoms with van der Waals surface area (Å²) < 4.78 is 89.9. The average Bonchev–Trinajstić information content (AvgIpc) is 1.24. The fourth-order valence-corrected chi connectivity index (χ4v) is 16.1. The van der Waals surface area contributed by atoms with Gasteiger partial charge in [-0.2, -0.15) is 17.6 Å². The lowest BCUT2D eigenvalue weighted by Gasteiger charge is -2.37. The molecule has 692 valence electrons. The molecule has 4 saturated heterocycles. The number of aliphatic hydroxyl groups is 4. The largest absolute Gasteiger partial charge is 0.391 e. The summed E-state index contributed by atoms with van der Waals surface area (Å²) in [5.41, 5.74) is 27.0. The van der Waals surface area contributed by atoms with E-state index >= 15 is 17.6 Å². The number of carbonyl (C=O) groups is 4. The minimum atomic E-state index is -0.996. The van der Waals surface area contributed by atoms with E-state index in [1.165, 1.54) is 48.6 Å². The van der Waals surface area contributed by atoms with E-state index in [1.54, 1.807) is 26.8 Å². The van der Waals surface area contributed by atoms with Crippen LogP contribution in [0.15, 0.2) is 110 Å². The van der Waals surface area contributed by atoms with Gasteiger partial charge in [0.05, 0.1) is 50.1 Å². The Morgan fingerprint density at radius 2 is 0.727 bits per heavy atom. The van der Waals surface area contributed by atoms with Crippen molar-refractivity contribution < 1.29 is 65.9 Å². The number of anilines is 8. The zero-order valence-electron chi connectivity index (χ0n) is 73.6. The summed E-state index contributed by atoms with van der Waals surface area (Å²) in [7, 11) is 0. The monoisotopic (exact) mass is 1780 g/mol. The number of rotatable bonds is 36. The smallest absolute Gasteiger partial charge is 0.231 e. The molecule has 6 fully saturated rings. The molecule has 4 aromatic heterocycles. The van der Waals surface area contributed by atoms with Crippen molar-refractivity contribution in [2.75, 3.05) is 159 Å². The van der Waals surface area contributed by atoms with Crippen LogP contribution < -0.4 is 63.8 Å². The number of hydrogen-bond donors (Lipinski definition) is 12. The van der Waals surface area contributed by atoms with E-state index in [-0.39, 0.29) is 140 Å². The molecular weight excluding hydrogens is 1660 g/mol. The lowest BCUT2D eigenvalue weighted by molar-refractivity contribution is -0.121. The third-order valence-corrected chi connectivity index (χ3v) is 24.0. The van der Waals surface area contributed by atoms with Crippen LogP contribution in [0.3, 0.4) is 0 Å². The summed E-state index contributed by atoms with van der Waals surface area (Å²) in [4.78, 5) is 91.9. The van der Waals surface area contributed by atoms with Gasteiger partial charge in [-0.15, -0.1) is 0 Å². The SMILES string of the molecule is CCN(Cc1ccc(C)cc1)c1ncnc(NC[C@H]2CCN(CC(N)=O)C[C@@H]2O)c1F.CCN(Cc1ccc(C)cc1F)c1ncnc(NC[C@H]2CCN(CC(N)=O)C[C@@H]2O)c1F.Cc1ccc(CN(c2ncnc(NCC3(O)CCN(CC(N)=O)CC3)c2F)C2CC2)cc1.Cc1ccc(CN(c2ncnc(NC[C@H]3CCN(CC(N)=O)C[C@@H]3O)c2F)C2CC2)c(F)c1. The highest BCUT2D eigenvalue weighted by molar-refractivity contribution is 5.77. The van der Waals surface area contributed by atoms with Crippen molar-refractivity contribution in [3.05, 3.63) is 190 Å². The van der Waals surface area contributed by atoms with Gasteiger partial charge >= 0.3 is 0 Å². The molecule has 2 aliphatic carbocycles. The Bertz CT molecular complexity index is 4990. The van der Waals surface area contributed by atoms with E-state index in [9.17, 15) is 48.4 Å². The van der Waals surface area contributed by atoms with Crippen molar-refractivity contribution in [3.63, 3.8) is 0 Å². The predicted molar refractivity (Wildman–Crippen MR) is 477 cm³/mol. The number of likely N-dealkylation sites (tertiary alicyclic amines) is 4. The number of halogens is 6. The number of aryl methyl sites for hydroxylation is 4. The highest BCUT2D eigenvalue weighted by Crippen LogP contribution is 2.38. The second-order valence-corrected chi connectivity index (χ2v) is 34.3. The molecule has 32 nitrogen and oxygen atoms in total. The summed E-state index contributed by atoms with van der Waals surface area (Å²) >= 11 is 0. The molecule has 0 spiro atoms. The molecule has 0 radical (unpaired) electrons. The highest BCUT2D eigenvalue weighted by Gasteiger charge is 2.39. The van der Waals surface area contributed by atoms with Crippen molar-refractivity contribution in [2.45, 2.75) is 162 Å². The number of β-amino-alcohol motifs (C(OH)–C–C–N with tert-alkyl or cyclic N) is 3. The average molecular weight is 1780 g/mol. The number of nitrogens with zero attached hydrogens (tertiary/aromatic N) is 16. The number of carbonyl (C=O) groups excluding carboxylic acids is 4. The second-order valence-electron chi connectivity index (χ2n) is 34.3. The zero-order chi connectivity index (χ0) is 91.9. The zero-order valence-corrected chi connectivity index (χ0v) is 73.6. The molecule has 4 aromatic carbocycles. The molecular formula is C90H122F6N24O8. The van der Waals surface area contributed by atoms with Crippen LogP contribution in [0, 0.1) is 80.4 Å². The molecule has 6 aliphatic rings. The Hall–Kier alpha value is -11.3. The van der Waals surface area contributed by atoms with E-state index in [2.05, 4.69) is 85.4 Å². The van der Waals surface area contributed by atoms with E-state index < -0.39 is 64.9 Å². The molecule has 38 heteroatoms. The number of aliphatic hydroxyl groups excluding tert-OH is 3. The molecule has 2 saturated carbocycles. The fourth-order valence-electron chi connectivity index (χ4n) is 16.1. The lowest BCUT2D eigenvalue weighted by Crippen LogP contribution is -2.50. The number of piperidine rings is 4. The van der Waals surface area contributed by atoms with Gasteiger partial charge in [0.2, 0.25) is 46.9 Å². The van der Waals surface area contributed by atoms with Gasteiger partial charge in [0.25, 0.3) is 0 Å². The van der Waals surface area contributed by atoms with Gasteiger partial charge in [0.15, 0.2) is 46.5 Å². The summed E-state index contributed by atoms with van der Waals surface area (Å²) in [5, 5.41) is 54.1. The minimum absolute atomic E-state index is 0.0320. The summed E-state index contributed by atoms with van der Waals surface area (Å²) in [6.45, 7) is 19.8. The Morgan fingerprint density at radius 3 is 1.08 bits per heavy atom. The van der Waals surface area contributed by atoms with Crippen molar-refractivity contribution in [2.24, 2.45) is 40.7 Å². The second kappa shape index (κ2) is 46.1. The molecule has 16 N–H and O–H groups in total. The first-order chi connectivity index (χ1) is 61.3. The van der Waals surface area contributed by atoms with Gasteiger partial charge in [-0.1, -0.05) is 83.9 Å². The van der Waals surface area contributed by atoms with Crippen molar-refractivity contribution in [1.82, 2.24) is 59.5 Å². The number of amides is 4. The first-order valence-corrected chi connectivity index (χ1v) is 43.7. The van der Waals surface area contributed by atoms with E-state index in [0.717, 1.165) is 47.9 Å². The molecule has 4 amide bonds. The van der Waals surface area contributed by atoms with Gasteiger partial charge < -0.3 is 84.2 Å². The number of hydrogen-bond acceptors (Lipinski definition) is 28. The molecule has 128 heavy (non-hydrogen) atoms. The van der Waals surface area contributed by atoms with Gasteiger partial charge in [-0.25, -0.2) is 48.7 Å². The standard InChI is InChI=1S/C23H30F2N6O2.C23H31FN6O2.C22H30F2N6O2.C22H31FN6O2/c1-14-2-3-16(18(24)8-14)10-31(17-4-5-17)23-21(25)22(28-13-29-23)27-9-15-6-7-30(11-19(15)32)12-20(26)33;1-16-2-4-17(5-3-16)12-30(18-6-7-18)22-20(24)21(27-15-28-22)26-14-23(32)8-10-29(11-9-23)13-19(25)31;1-3-30(10-16-5-4-14(2)8-17(16)23)22-20(24)21(27-13-28-22)26-9-15-6-7-29(11-18(15)31)12-19(25)32;1-3-29(11-16-6-4-15(2)5-7-16)22-20(23)21(26-14-27-22)25-10-17-8-9-28(12-18(17)30)13-19(24)31/h2-3,8,13,15,17,19,32H,4-7,9-12H2,1H3,(H2,26,33)(H,27,28,29);2-5,15,18,32H,6-14H2,1H3,(H2,25,31)(H,26,27,28);4-5,8,13,15,18,31H,3,6-7,9-12H2,1-2H3,(H2,25,32)(H,26,27,28);4-7,14,17-18,30H,3,8-13H2,1-2H3,(H2,24,31)(H,25,26,27)/t15-,19+;;15-,18+;17-,18+/m1.11/s1. The summed E-state index contributed by atoms with van der Waals surface area (Å²) in [6, 6.07) is 26.7. The van der Waals surface area contributed by atoms with Crippen LogP contribution in [0.1, 0.15) is 116 Å². The quantitative estimate of drug-likeness (QED) is 0.0179. The molecule has 8 aromatic rings. The number of benzene rings is 4. The molecule has 0 unspecified atom stereocenters. The summed E-state index contributed by atoms with van der Waals surface area (Å²) in [5.74, 6) is -3.76. The van der Waals surface area contributed by atoms with Crippen LogP contribution in [-0.4, -0.2) is 257 Å². The van der Waals surface area contributed by atoms with Crippen molar-refractivity contribution in [3.8, 4) is 0 Å². The van der Waals surface area contributed by atoms with Crippen LogP contribution in [0.25, 0.3) is 0 Å². The van der Waals surface area contributed by atoms with E-state index in [0.29, 0.717) is 141 Å². The number of primary amides is 4. The van der Waals surface area contributed by atoms with Gasteiger partial charge in [0.1, 0.15) is 36.9 Å². The van der Waals surface area contributed by atoms with Gasteiger partial charge in [0, 0.05) is 139 Å².